The Morgan fingerprint density at radius 1 is 1.04 bits per heavy atom. The lowest BCUT2D eigenvalue weighted by atomic mass is 10.0. The van der Waals surface area contributed by atoms with Crippen molar-refractivity contribution in [3.05, 3.63) is 74.6 Å². The molecule has 3 aromatic rings. The molecular weight excluding hydrogens is 426 g/mol. The van der Waals surface area contributed by atoms with Crippen LogP contribution < -0.4 is 5.32 Å². The molecule has 27 heavy (non-hydrogen) atoms. The van der Waals surface area contributed by atoms with E-state index in [1.807, 2.05) is 55.6 Å². The molecule has 0 fully saturated rings. The van der Waals surface area contributed by atoms with E-state index in [1.54, 1.807) is 6.07 Å². The summed E-state index contributed by atoms with van der Waals surface area (Å²) >= 11 is 4.71. The average molecular weight is 444 g/mol. The predicted molar refractivity (Wildman–Crippen MR) is 113 cm³/mol. The lowest BCUT2D eigenvalue weighted by Gasteiger charge is -2.09. The summed E-state index contributed by atoms with van der Waals surface area (Å²) in [7, 11) is 1.33. The molecule has 0 aliphatic heterocycles. The number of amides is 1. The van der Waals surface area contributed by atoms with Gasteiger partial charge in [0.05, 0.1) is 7.11 Å². The van der Waals surface area contributed by atoms with E-state index in [0.29, 0.717) is 16.1 Å². The highest BCUT2D eigenvalue weighted by molar-refractivity contribution is 9.10. The molecule has 1 amide bonds. The van der Waals surface area contributed by atoms with Crippen LogP contribution in [-0.2, 0) is 4.74 Å². The molecule has 0 atom stereocenters. The Bertz CT molecular complexity index is 1010. The maximum atomic E-state index is 12.7. The number of benzene rings is 2. The van der Waals surface area contributed by atoms with Crippen molar-refractivity contribution in [2.75, 3.05) is 12.4 Å². The largest absolute Gasteiger partial charge is 0.465 e. The molecule has 3 rings (SSSR count). The van der Waals surface area contributed by atoms with E-state index in [0.717, 1.165) is 26.7 Å². The third kappa shape index (κ3) is 4.12. The number of rotatable bonds is 4. The zero-order valence-corrected chi connectivity index (χ0v) is 17.5. The van der Waals surface area contributed by atoms with Crippen LogP contribution in [0.3, 0.4) is 0 Å². The summed E-state index contributed by atoms with van der Waals surface area (Å²) in [5, 5.41) is 5.19. The molecule has 1 heterocycles. The van der Waals surface area contributed by atoms with Crippen molar-refractivity contribution in [1.29, 1.82) is 0 Å². The Hall–Kier alpha value is -2.44. The molecule has 2 aromatic carbocycles. The first-order valence-corrected chi connectivity index (χ1v) is 9.92. The number of aryl methyl sites for hydroxylation is 2. The average Bonchev–Trinajstić information content (AvgIpc) is 3.07. The molecule has 138 valence electrons. The number of esters is 1. The fourth-order valence-corrected chi connectivity index (χ4v) is 3.87. The highest BCUT2D eigenvalue weighted by Crippen LogP contribution is 2.36. The van der Waals surface area contributed by atoms with E-state index in [4.69, 9.17) is 4.74 Å². The van der Waals surface area contributed by atoms with E-state index in [1.165, 1.54) is 18.4 Å². The highest BCUT2D eigenvalue weighted by atomic mass is 79.9. The zero-order valence-electron chi connectivity index (χ0n) is 15.1. The molecular formula is C21H18BrNO3S. The number of methoxy groups -OCH3 is 1. The second kappa shape index (κ2) is 8.06. The van der Waals surface area contributed by atoms with Gasteiger partial charge in [0.1, 0.15) is 10.6 Å². The van der Waals surface area contributed by atoms with E-state index in [9.17, 15) is 9.59 Å². The summed E-state index contributed by atoms with van der Waals surface area (Å²) in [6.45, 7) is 3.96. The van der Waals surface area contributed by atoms with E-state index < -0.39 is 5.97 Å². The van der Waals surface area contributed by atoms with Crippen LogP contribution >= 0.6 is 27.3 Å². The van der Waals surface area contributed by atoms with Gasteiger partial charge in [-0.2, -0.15) is 0 Å². The minimum atomic E-state index is -0.482. The Morgan fingerprint density at radius 3 is 2.37 bits per heavy atom. The number of thiophene rings is 1. The fourth-order valence-electron chi connectivity index (χ4n) is 2.65. The molecule has 0 saturated heterocycles. The van der Waals surface area contributed by atoms with Crippen LogP contribution in [0.1, 0.15) is 31.8 Å². The quantitative estimate of drug-likeness (QED) is 0.515. The van der Waals surface area contributed by atoms with Crippen LogP contribution in [0.15, 0.2) is 52.3 Å². The van der Waals surface area contributed by atoms with Crippen molar-refractivity contribution in [2.45, 2.75) is 13.8 Å². The number of anilines is 1. The molecule has 1 N–H and O–H groups in total. The van der Waals surface area contributed by atoms with Gasteiger partial charge in [-0.15, -0.1) is 11.3 Å². The summed E-state index contributed by atoms with van der Waals surface area (Å²) in [4.78, 5) is 25.1. The maximum Gasteiger partial charge on any atom is 0.341 e. The summed E-state index contributed by atoms with van der Waals surface area (Å²) < 4.78 is 5.90. The fraction of sp³-hybridized carbons (Fsp3) is 0.143. The van der Waals surface area contributed by atoms with Gasteiger partial charge >= 0.3 is 5.97 Å². The molecule has 0 aliphatic carbocycles. The van der Waals surface area contributed by atoms with Gasteiger partial charge in [-0.3, -0.25) is 4.79 Å². The van der Waals surface area contributed by atoms with Crippen molar-refractivity contribution < 1.29 is 14.3 Å². The molecule has 0 bridgehead atoms. The van der Waals surface area contributed by atoms with Crippen LogP contribution in [0.4, 0.5) is 5.00 Å². The molecule has 6 heteroatoms. The van der Waals surface area contributed by atoms with Gasteiger partial charge in [-0.05, 0) is 54.8 Å². The molecule has 1 aromatic heterocycles. The SMILES string of the molecule is COC(=O)c1c(-c2ccc(Br)cc2)csc1NC(=O)c1ccc(C)c(C)c1. The van der Waals surface area contributed by atoms with Gasteiger partial charge in [-0.25, -0.2) is 4.79 Å². The van der Waals surface area contributed by atoms with E-state index in [-0.39, 0.29) is 5.91 Å². The topological polar surface area (TPSA) is 55.4 Å². The van der Waals surface area contributed by atoms with Crippen molar-refractivity contribution in [1.82, 2.24) is 0 Å². The van der Waals surface area contributed by atoms with E-state index in [2.05, 4.69) is 21.2 Å². The number of ether oxygens (including phenoxy) is 1. The van der Waals surface area contributed by atoms with Gasteiger partial charge in [0.15, 0.2) is 0 Å². The summed E-state index contributed by atoms with van der Waals surface area (Å²) in [6, 6.07) is 13.2. The standard InChI is InChI=1S/C21H18BrNO3S/c1-12-4-5-15(10-13(12)2)19(24)23-20-18(21(25)26-3)17(11-27-20)14-6-8-16(22)9-7-14/h4-11H,1-3H3,(H,23,24). The van der Waals surface area contributed by atoms with Gasteiger partial charge in [0.25, 0.3) is 5.91 Å². The Morgan fingerprint density at radius 2 is 1.74 bits per heavy atom. The molecule has 0 unspecified atom stereocenters. The lowest BCUT2D eigenvalue weighted by Crippen LogP contribution is -2.14. The van der Waals surface area contributed by atoms with Crippen LogP contribution in [0.25, 0.3) is 11.1 Å². The van der Waals surface area contributed by atoms with Gasteiger partial charge in [0.2, 0.25) is 0 Å². The summed E-state index contributed by atoms with van der Waals surface area (Å²) in [6.07, 6.45) is 0. The first-order chi connectivity index (χ1) is 12.9. The second-order valence-corrected chi connectivity index (χ2v) is 7.90. The third-order valence-corrected chi connectivity index (χ3v) is 5.76. The van der Waals surface area contributed by atoms with Crippen LogP contribution in [-0.4, -0.2) is 19.0 Å². The van der Waals surface area contributed by atoms with Crippen molar-refractivity contribution in [2.24, 2.45) is 0 Å². The number of nitrogens with one attached hydrogen (secondary N) is 1. The number of carbonyl (C=O) groups excluding carboxylic acids is 2. The van der Waals surface area contributed by atoms with Crippen molar-refractivity contribution >= 4 is 44.1 Å². The second-order valence-electron chi connectivity index (χ2n) is 6.11. The Balaban J connectivity index is 1.97. The molecule has 4 nitrogen and oxygen atoms in total. The van der Waals surface area contributed by atoms with E-state index >= 15 is 0 Å². The van der Waals surface area contributed by atoms with Crippen LogP contribution in [0, 0.1) is 13.8 Å². The van der Waals surface area contributed by atoms with Crippen LogP contribution in [0.5, 0.6) is 0 Å². The molecule has 0 spiro atoms. The van der Waals surface area contributed by atoms with Crippen LogP contribution in [0.2, 0.25) is 0 Å². The number of hydrogen-bond donors (Lipinski definition) is 1. The van der Waals surface area contributed by atoms with Crippen molar-refractivity contribution in [3.63, 3.8) is 0 Å². The highest BCUT2D eigenvalue weighted by Gasteiger charge is 2.22. The lowest BCUT2D eigenvalue weighted by molar-refractivity contribution is 0.0603. The number of hydrogen-bond acceptors (Lipinski definition) is 4. The molecule has 0 aliphatic rings. The van der Waals surface area contributed by atoms with Gasteiger partial charge in [0, 0.05) is 21.0 Å². The summed E-state index contributed by atoms with van der Waals surface area (Å²) in [5.74, 6) is -0.739. The first kappa shape index (κ1) is 19.3. The minimum absolute atomic E-state index is 0.257. The predicted octanol–water partition coefficient (Wildman–Crippen LogP) is 5.83. The number of halogens is 1. The smallest absolute Gasteiger partial charge is 0.341 e. The van der Waals surface area contributed by atoms with Crippen molar-refractivity contribution in [3.8, 4) is 11.1 Å². The van der Waals surface area contributed by atoms with Gasteiger partial charge < -0.3 is 10.1 Å². The first-order valence-electron chi connectivity index (χ1n) is 8.25. The third-order valence-electron chi connectivity index (χ3n) is 4.33. The normalized spacial score (nSPS) is 10.5. The Kier molecular flexibility index (Phi) is 5.77. The van der Waals surface area contributed by atoms with Gasteiger partial charge in [-0.1, -0.05) is 34.1 Å². The maximum absolute atomic E-state index is 12.7. The molecule has 0 saturated carbocycles. The summed E-state index contributed by atoms with van der Waals surface area (Å²) in [5.41, 5.74) is 4.68. The zero-order chi connectivity index (χ0) is 19.6. The molecule has 0 radical (unpaired) electrons. The minimum Gasteiger partial charge on any atom is -0.465 e. The number of carbonyl (C=O) groups is 2. The monoisotopic (exact) mass is 443 g/mol. The Labute approximate surface area is 170 Å².